The van der Waals surface area contributed by atoms with Crippen LogP contribution in [-0.4, -0.2) is 28.3 Å². The molecular formula is C13H10BrNO4S. The van der Waals surface area contributed by atoms with Gasteiger partial charge in [0.1, 0.15) is 9.88 Å². The second-order valence-electron chi connectivity index (χ2n) is 3.75. The third kappa shape index (κ3) is 3.17. The van der Waals surface area contributed by atoms with Crippen LogP contribution in [0.2, 0.25) is 0 Å². The van der Waals surface area contributed by atoms with Crippen LogP contribution < -0.4 is 4.74 Å². The number of thiazole rings is 1. The Bertz CT molecular complexity index is 681. The third-order valence-electron chi connectivity index (χ3n) is 2.42. The largest absolute Gasteiger partial charge is 0.503 e. The fourth-order valence-corrected chi connectivity index (χ4v) is 2.60. The number of aromatic hydroxyl groups is 1. The molecule has 0 radical (unpaired) electrons. The fraction of sp³-hybridized carbons (Fsp3) is 0.0769. The van der Waals surface area contributed by atoms with Crippen molar-refractivity contribution in [2.45, 2.75) is 0 Å². The molecule has 1 aromatic carbocycles. The molecule has 104 valence electrons. The number of rotatable bonds is 4. The molecule has 0 spiro atoms. The molecule has 1 aromatic heterocycles. The number of hydrogen-bond donors (Lipinski definition) is 2. The van der Waals surface area contributed by atoms with E-state index in [0.717, 1.165) is 16.9 Å². The minimum absolute atomic E-state index is 0.0343. The van der Waals surface area contributed by atoms with Gasteiger partial charge in [0.25, 0.3) is 0 Å². The lowest BCUT2D eigenvalue weighted by Gasteiger charge is -2.06. The summed E-state index contributed by atoms with van der Waals surface area (Å²) >= 11 is 4.32. The molecular weight excluding hydrogens is 346 g/mol. The molecule has 0 aliphatic carbocycles. The second-order valence-corrected chi connectivity index (χ2v) is 5.67. The van der Waals surface area contributed by atoms with Crippen LogP contribution in [0.1, 0.15) is 20.2 Å². The van der Waals surface area contributed by atoms with E-state index < -0.39 is 5.97 Å². The van der Waals surface area contributed by atoms with E-state index in [4.69, 9.17) is 9.84 Å². The minimum atomic E-state index is -0.990. The highest BCUT2D eigenvalue weighted by Crippen LogP contribution is 2.35. The van der Waals surface area contributed by atoms with Crippen molar-refractivity contribution in [3.63, 3.8) is 0 Å². The number of methoxy groups -OCH3 is 1. The number of ether oxygens (including phenoxy) is 1. The van der Waals surface area contributed by atoms with Gasteiger partial charge in [0.15, 0.2) is 11.5 Å². The van der Waals surface area contributed by atoms with Crippen molar-refractivity contribution < 1.29 is 19.7 Å². The smallest absolute Gasteiger partial charge is 0.347 e. The highest BCUT2D eigenvalue weighted by Gasteiger charge is 2.08. The van der Waals surface area contributed by atoms with Crippen LogP contribution in [0, 0.1) is 0 Å². The maximum absolute atomic E-state index is 10.7. The lowest BCUT2D eigenvalue weighted by atomic mass is 10.2. The molecule has 0 unspecified atom stereocenters. The zero-order valence-corrected chi connectivity index (χ0v) is 12.7. The van der Waals surface area contributed by atoms with E-state index in [1.807, 2.05) is 0 Å². The lowest BCUT2D eigenvalue weighted by Crippen LogP contribution is -1.89. The molecule has 0 aliphatic heterocycles. The molecule has 0 amide bonds. The van der Waals surface area contributed by atoms with E-state index in [-0.39, 0.29) is 10.6 Å². The first kappa shape index (κ1) is 14.5. The second kappa shape index (κ2) is 6.06. The highest BCUT2D eigenvalue weighted by atomic mass is 79.9. The Kier molecular flexibility index (Phi) is 4.41. The number of halogens is 1. The number of phenols is 1. The molecule has 0 bridgehead atoms. The van der Waals surface area contributed by atoms with E-state index in [2.05, 4.69) is 20.9 Å². The number of hydrogen-bond acceptors (Lipinski definition) is 5. The van der Waals surface area contributed by atoms with Crippen LogP contribution in [0.3, 0.4) is 0 Å². The average Bonchev–Trinajstić information content (AvgIpc) is 2.89. The molecule has 1 heterocycles. The molecule has 2 N–H and O–H groups in total. The Morgan fingerprint density at radius 2 is 2.20 bits per heavy atom. The number of phenolic OH excluding ortho intramolecular Hbond substituents is 1. The minimum Gasteiger partial charge on any atom is -0.503 e. The summed E-state index contributed by atoms with van der Waals surface area (Å²) in [5.74, 6) is -0.604. The van der Waals surface area contributed by atoms with Gasteiger partial charge in [0.05, 0.1) is 17.8 Å². The monoisotopic (exact) mass is 355 g/mol. The van der Waals surface area contributed by atoms with Gasteiger partial charge < -0.3 is 14.9 Å². The average molecular weight is 356 g/mol. The lowest BCUT2D eigenvalue weighted by molar-refractivity contribution is 0.0702. The number of carboxylic acid groups (broad SMARTS) is 1. The van der Waals surface area contributed by atoms with Gasteiger partial charge in [-0.05, 0) is 39.7 Å². The molecule has 0 atom stereocenters. The van der Waals surface area contributed by atoms with Crippen molar-refractivity contribution >= 4 is 45.4 Å². The van der Waals surface area contributed by atoms with Gasteiger partial charge in [-0.25, -0.2) is 9.78 Å². The van der Waals surface area contributed by atoms with Crippen LogP contribution >= 0.6 is 27.3 Å². The predicted octanol–water partition coefficient (Wildman–Crippen LogP) is 3.49. The molecule has 7 heteroatoms. The summed E-state index contributed by atoms with van der Waals surface area (Å²) in [6.45, 7) is 0. The molecule has 20 heavy (non-hydrogen) atoms. The third-order valence-corrected chi connectivity index (χ3v) is 3.98. The van der Waals surface area contributed by atoms with Crippen molar-refractivity contribution in [1.82, 2.24) is 4.98 Å². The Morgan fingerprint density at radius 3 is 2.80 bits per heavy atom. The SMILES string of the molecule is COc1cc(/C=C/c2ncc(C(=O)O)s2)cc(Br)c1O. The number of carbonyl (C=O) groups is 1. The summed E-state index contributed by atoms with van der Waals surface area (Å²) in [6.07, 6.45) is 4.78. The zero-order chi connectivity index (χ0) is 14.7. The summed E-state index contributed by atoms with van der Waals surface area (Å²) < 4.78 is 5.57. The highest BCUT2D eigenvalue weighted by molar-refractivity contribution is 9.10. The number of benzene rings is 1. The van der Waals surface area contributed by atoms with Gasteiger partial charge in [-0.2, -0.15) is 0 Å². The van der Waals surface area contributed by atoms with Gasteiger partial charge in [-0.15, -0.1) is 11.3 Å². The maximum atomic E-state index is 10.7. The Hall–Kier alpha value is -1.86. The predicted molar refractivity (Wildman–Crippen MR) is 80.4 cm³/mol. The zero-order valence-electron chi connectivity index (χ0n) is 10.3. The summed E-state index contributed by atoms with van der Waals surface area (Å²) in [5, 5.41) is 19.1. The topological polar surface area (TPSA) is 79.7 Å². The van der Waals surface area contributed by atoms with Gasteiger partial charge in [-0.3, -0.25) is 0 Å². The first-order chi connectivity index (χ1) is 9.51. The van der Waals surface area contributed by atoms with Crippen molar-refractivity contribution in [2.75, 3.05) is 7.11 Å². The molecule has 0 aliphatic rings. The molecule has 0 saturated heterocycles. The Labute approximate surface area is 127 Å². The number of carboxylic acids is 1. The van der Waals surface area contributed by atoms with Gasteiger partial charge in [-0.1, -0.05) is 6.08 Å². The normalized spacial score (nSPS) is 10.9. The molecule has 2 aromatic rings. The fourth-order valence-electron chi connectivity index (χ4n) is 1.48. The summed E-state index contributed by atoms with van der Waals surface area (Å²) in [4.78, 5) is 14.9. The summed E-state index contributed by atoms with van der Waals surface area (Å²) in [7, 11) is 1.47. The number of aromatic carboxylic acids is 1. The van der Waals surface area contributed by atoms with E-state index in [0.29, 0.717) is 15.2 Å². The summed E-state index contributed by atoms with van der Waals surface area (Å²) in [5.41, 5.74) is 0.790. The van der Waals surface area contributed by atoms with Crippen molar-refractivity contribution in [2.24, 2.45) is 0 Å². The van der Waals surface area contributed by atoms with Gasteiger partial charge in [0, 0.05) is 0 Å². The number of aromatic nitrogens is 1. The summed E-state index contributed by atoms with van der Waals surface area (Å²) in [6, 6.07) is 3.39. The van der Waals surface area contributed by atoms with Crippen LogP contribution in [0.15, 0.2) is 22.8 Å². The van der Waals surface area contributed by atoms with E-state index in [1.54, 1.807) is 24.3 Å². The number of nitrogens with zero attached hydrogens (tertiary/aromatic N) is 1. The van der Waals surface area contributed by atoms with Gasteiger partial charge in [0.2, 0.25) is 0 Å². The van der Waals surface area contributed by atoms with Crippen molar-refractivity contribution in [3.05, 3.63) is 38.3 Å². The molecule has 5 nitrogen and oxygen atoms in total. The van der Waals surface area contributed by atoms with Crippen molar-refractivity contribution in [1.29, 1.82) is 0 Å². The first-order valence-electron chi connectivity index (χ1n) is 5.45. The van der Waals surface area contributed by atoms with Crippen LogP contribution in [-0.2, 0) is 0 Å². The quantitative estimate of drug-likeness (QED) is 0.877. The molecule has 0 fully saturated rings. The van der Waals surface area contributed by atoms with Gasteiger partial charge >= 0.3 is 5.97 Å². The maximum Gasteiger partial charge on any atom is 0.347 e. The Morgan fingerprint density at radius 1 is 1.45 bits per heavy atom. The molecule has 2 rings (SSSR count). The molecule has 0 saturated carbocycles. The standard InChI is InChI=1S/C13H10BrNO4S/c1-19-9-5-7(4-8(14)12(9)16)2-3-11-15-6-10(20-11)13(17)18/h2-6,16H,1H3,(H,17,18)/b3-2+. The van der Waals surface area contributed by atoms with Crippen LogP contribution in [0.5, 0.6) is 11.5 Å². The van der Waals surface area contributed by atoms with E-state index in [1.165, 1.54) is 13.3 Å². The van der Waals surface area contributed by atoms with Crippen LogP contribution in [0.25, 0.3) is 12.2 Å². The van der Waals surface area contributed by atoms with Crippen LogP contribution in [0.4, 0.5) is 0 Å². The first-order valence-corrected chi connectivity index (χ1v) is 7.06. The Balaban J connectivity index is 2.26. The van der Waals surface area contributed by atoms with E-state index in [9.17, 15) is 9.90 Å². The van der Waals surface area contributed by atoms with Crippen molar-refractivity contribution in [3.8, 4) is 11.5 Å². The van der Waals surface area contributed by atoms with E-state index >= 15 is 0 Å².